The molecule has 1 amide bonds. The minimum absolute atomic E-state index is 0.151. The van der Waals surface area contributed by atoms with Gasteiger partial charge in [0.05, 0.1) is 16.3 Å². The van der Waals surface area contributed by atoms with Crippen molar-refractivity contribution in [1.29, 1.82) is 0 Å². The second-order valence-corrected chi connectivity index (χ2v) is 8.57. The Morgan fingerprint density at radius 1 is 1.21 bits per heavy atom. The number of benzene rings is 1. The van der Waals surface area contributed by atoms with Gasteiger partial charge in [-0.3, -0.25) is 9.59 Å². The maximum atomic E-state index is 12.4. The van der Waals surface area contributed by atoms with E-state index in [1.54, 1.807) is 32.0 Å². The molecule has 0 bridgehead atoms. The molecule has 1 atom stereocenters. The van der Waals surface area contributed by atoms with Crippen molar-refractivity contribution in [3.63, 3.8) is 0 Å². The lowest BCUT2D eigenvalue weighted by molar-refractivity contribution is -0.152. The number of aryl methyl sites for hydroxylation is 2. The van der Waals surface area contributed by atoms with E-state index in [1.165, 1.54) is 19.2 Å². The number of ether oxygens (including phenoxy) is 1. The number of esters is 1. The van der Waals surface area contributed by atoms with Gasteiger partial charge in [-0.15, -0.1) is 0 Å². The molecule has 1 aromatic carbocycles. The van der Waals surface area contributed by atoms with Crippen molar-refractivity contribution >= 4 is 39.3 Å². The summed E-state index contributed by atoms with van der Waals surface area (Å²) in [5.74, 6) is -1.01. The summed E-state index contributed by atoms with van der Waals surface area (Å²) in [5, 5.41) is 2.91. The Kier molecular flexibility index (Phi) is 7.72. The number of nitrogens with one attached hydrogen (secondary N) is 2. The molecule has 1 heterocycles. The lowest BCUT2D eigenvalue weighted by Crippen LogP contribution is -2.32. The molecule has 2 aromatic rings. The first kappa shape index (κ1) is 22.8. The van der Waals surface area contributed by atoms with E-state index >= 15 is 0 Å². The lowest BCUT2D eigenvalue weighted by atomic mass is 10.2. The number of rotatable bonds is 8. The second kappa shape index (κ2) is 9.82. The van der Waals surface area contributed by atoms with E-state index in [9.17, 15) is 18.0 Å². The van der Waals surface area contributed by atoms with Gasteiger partial charge in [-0.2, -0.15) is 0 Å². The first-order chi connectivity index (χ1) is 13.6. The number of carbonyl (C=O) groups excluding carboxylic acids is 2. The largest absolute Gasteiger partial charge is 0.452 e. The maximum absolute atomic E-state index is 12.4. The van der Waals surface area contributed by atoms with E-state index in [0.717, 1.165) is 5.56 Å². The fraction of sp³-hybridized carbons (Fsp3) is 0.316. The monoisotopic (exact) mass is 439 g/mol. The summed E-state index contributed by atoms with van der Waals surface area (Å²) in [6.07, 6.45) is 0.0761. The molecular weight excluding hydrogens is 418 g/mol. The van der Waals surface area contributed by atoms with Gasteiger partial charge in [-0.25, -0.2) is 18.1 Å². The van der Waals surface area contributed by atoms with Gasteiger partial charge in [0, 0.05) is 12.7 Å². The Hall–Kier alpha value is -2.49. The third-order valence-electron chi connectivity index (χ3n) is 3.91. The van der Waals surface area contributed by atoms with Gasteiger partial charge in [0.2, 0.25) is 10.0 Å². The molecule has 2 N–H and O–H groups in total. The van der Waals surface area contributed by atoms with Crippen LogP contribution < -0.4 is 10.0 Å². The summed E-state index contributed by atoms with van der Waals surface area (Å²) < 4.78 is 32.2. The predicted molar refractivity (Wildman–Crippen MR) is 109 cm³/mol. The molecule has 2 rings (SSSR count). The molecule has 0 spiro atoms. The summed E-state index contributed by atoms with van der Waals surface area (Å²) in [6, 6.07) is 8.17. The minimum Gasteiger partial charge on any atom is -0.452 e. The van der Waals surface area contributed by atoms with Crippen molar-refractivity contribution in [1.82, 2.24) is 9.71 Å². The fourth-order valence-electron chi connectivity index (χ4n) is 2.35. The van der Waals surface area contributed by atoms with E-state index in [4.69, 9.17) is 16.3 Å². The molecule has 0 saturated carbocycles. The van der Waals surface area contributed by atoms with E-state index in [2.05, 4.69) is 15.0 Å². The lowest BCUT2D eigenvalue weighted by Gasteiger charge is -2.14. The topological polar surface area (TPSA) is 114 Å². The van der Waals surface area contributed by atoms with Crippen LogP contribution in [-0.4, -0.2) is 37.9 Å². The Labute approximate surface area is 174 Å². The summed E-state index contributed by atoms with van der Waals surface area (Å²) in [4.78, 5) is 28.1. The zero-order chi connectivity index (χ0) is 21.6. The van der Waals surface area contributed by atoms with Crippen LogP contribution in [0.3, 0.4) is 0 Å². The number of aromatic nitrogens is 1. The first-order valence-corrected chi connectivity index (χ1v) is 10.6. The van der Waals surface area contributed by atoms with E-state index in [0.29, 0.717) is 10.6 Å². The minimum atomic E-state index is -3.75. The van der Waals surface area contributed by atoms with Gasteiger partial charge in [0.15, 0.2) is 6.10 Å². The number of anilines is 1. The smallest absolute Gasteiger partial charge is 0.307 e. The number of carbonyl (C=O) groups is 2. The van der Waals surface area contributed by atoms with Crippen LogP contribution in [0.2, 0.25) is 5.02 Å². The van der Waals surface area contributed by atoms with Gasteiger partial charge in [0.25, 0.3) is 5.91 Å². The molecule has 29 heavy (non-hydrogen) atoms. The molecule has 0 saturated heterocycles. The zero-order valence-electron chi connectivity index (χ0n) is 16.2. The third kappa shape index (κ3) is 6.81. The maximum Gasteiger partial charge on any atom is 0.307 e. The average molecular weight is 440 g/mol. The van der Waals surface area contributed by atoms with Gasteiger partial charge < -0.3 is 10.1 Å². The number of amides is 1. The standard InChI is InChI=1S/C19H22ClN3O5S/c1-12-4-5-13(2)16(10-12)29(26,27)22-9-8-18(24)28-14(3)19(25)23-17-7-6-15(20)11-21-17/h4-7,10-11,14,22H,8-9H2,1-3H3,(H,21,23,25). The van der Waals surface area contributed by atoms with Gasteiger partial charge in [-0.1, -0.05) is 23.7 Å². The predicted octanol–water partition coefficient (Wildman–Crippen LogP) is 2.59. The van der Waals surface area contributed by atoms with Crippen molar-refractivity contribution in [3.05, 3.63) is 52.7 Å². The number of halogens is 1. The van der Waals surface area contributed by atoms with Crippen LogP contribution in [0.25, 0.3) is 0 Å². The molecule has 0 aliphatic rings. The van der Waals surface area contributed by atoms with Crippen molar-refractivity contribution in [3.8, 4) is 0 Å². The van der Waals surface area contributed by atoms with Gasteiger partial charge in [0.1, 0.15) is 5.82 Å². The molecule has 0 aliphatic carbocycles. The summed E-state index contributed by atoms with van der Waals surface area (Å²) in [5.41, 5.74) is 1.41. The Morgan fingerprint density at radius 3 is 2.59 bits per heavy atom. The van der Waals surface area contributed by atoms with Crippen LogP contribution in [0.5, 0.6) is 0 Å². The van der Waals surface area contributed by atoms with Crippen LogP contribution in [0.4, 0.5) is 5.82 Å². The number of pyridine rings is 1. The van der Waals surface area contributed by atoms with Crippen molar-refractivity contribution in [2.75, 3.05) is 11.9 Å². The van der Waals surface area contributed by atoms with Crippen molar-refractivity contribution in [2.24, 2.45) is 0 Å². The second-order valence-electron chi connectivity index (χ2n) is 6.40. The fourth-order valence-corrected chi connectivity index (χ4v) is 3.82. The Balaban J connectivity index is 1.83. The van der Waals surface area contributed by atoms with Crippen molar-refractivity contribution < 1.29 is 22.7 Å². The Morgan fingerprint density at radius 2 is 1.93 bits per heavy atom. The highest BCUT2D eigenvalue weighted by molar-refractivity contribution is 7.89. The van der Waals surface area contributed by atoms with Crippen LogP contribution in [0.1, 0.15) is 24.5 Å². The molecule has 156 valence electrons. The number of hydrogen-bond acceptors (Lipinski definition) is 6. The quantitative estimate of drug-likeness (QED) is 0.611. The normalized spacial score (nSPS) is 12.3. The molecule has 0 aliphatic heterocycles. The highest BCUT2D eigenvalue weighted by atomic mass is 35.5. The molecule has 1 aromatic heterocycles. The van der Waals surface area contributed by atoms with Crippen LogP contribution >= 0.6 is 11.6 Å². The van der Waals surface area contributed by atoms with Crippen LogP contribution in [0.15, 0.2) is 41.4 Å². The summed E-state index contributed by atoms with van der Waals surface area (Å²) in [7, 11) is -3.75. The highest BCUT2D eigenvalue weighted by Crippen LogP contribution is 2.16. The molecule has 0 radical (unpaired) electrons. The molecule has 0 fully saturated rings. The van der Waals surface area contributed by atoms with E-state index in [1.807, 2.05) is 6.07 Å². The highest BCUT2D eigenvalue weighted by Gasteiger charge is 2.20. The summed E-state index contributed by atoms with van der Waals surface area (Å²) in [6.45, 7) is 4.74. The van der Waals surface area contributed by atoms with Gasteiger partial charge in [-0.05, 0) is 50.1 Å². The van der Waals surface area contributed by atoms with E-state index < -0.39 is 28.0 Å². The molecule has 1 unspecified atom stereocenters. The van der Waals surface area contributed by atoms with Crippen molar-refractivity contribution in [2.45, 2.75) is 38.2 Å². The molecular formula is C19H22ClN3O5S. The van der Waals surface area contributed by atoms with Crippen LogP contribution in [-0.2, 0) is 24.3 Å². The molecule has 8 nitrogen and oxygen atoms in total. The third-order valence-corrected chi connectivity index (χ3v) is 5.74. The SMILES string of the molecule is Cc1ccc(C)c(S(=O)(=O)NCCC(=O)OC(C)C(=O)Nc2ccc(Cl)cn2)c1. The zero-order valence-corrected chi connectivity index (χ0v) is 17.8. The van der Waals surface area contributed by atoms with E-state index in [-0.39, 0.29) is 23.7 Å². The number of sulfonamides is 1. The Bertz CT molecular complexity index is 993. The van der Waals surface area contributed by atoms with Crippen LogP contribution in [0, 0.1) is 13.8 Å². The first-order valence-electron chi connectivity index (χ1n) is 8.77. The number of hydrogen-bond donors (Lipinski definition) is 2. The molecule has 10 heteroatoms. The summed E-state index contributed by atoms with van der Waals surface area (Å²) >= 11 is 5.72. The number of nitrogens with zero attached hydrogens (tertiary/aromatic N) is 1. The van der Waals surface area contributed by atoms with Gasteiger partial charge >= 0.3 is 5.97 Å². The average Bonchev–Trinajstić information content (AvgIpc) is 2.65.